The summed E-state index contributed by atoms with van der Waals surface area (Å²) in [4.78, 5) is 25.0. The van der Waals surface area contributed by atoms with Gasteiger partial charge >= 0.3 is 0 Å². The number of aryl methyl sites for hydroxylation is 2. The van der Waals surface area contributed by atoms with Crippen LogP contribution in [0, 0.1) is 13.8 Å². The number of hydrogen-bond donors (Lipinski definition) is 3. The number of hydrogen-bond acceptors (Lipinski definition) is 8. The molecule has 32 heavy (non-hydrogen) atoms. The minimum Gasteiger partial charge on any atom is -0.361 e. The zero-order chi connectivity index (χ0) is 22.3. The van der Waals surface area contributed by atoms with Gasteiger partial charge in [0.05, 0.1) is 5.69 Å². The van der Waals surface area contributed by atoms with Crippen molar-refractivity contribution in [2.45, 2.75) is 26.7 Å². The summed E-state index contributed by atoms with van der Waals surface area (Å²) in [5.74, 6) is 2.66. The van der Waals surface area contributed by atoms with Crippen LogP contribution in [0.3, 0.4) is 0 Å². The van der Waals surface area contributed by atoms with Crippen LogP contribution in [0.15, 0.2) is 65.6 Å². The van der Waals surface area contributed by atoms with Gasteiger partial charge in [0.2, 0.25) is 5.91 Å². The van der Waals surface area contributed by atoms with Crippen molar-refractivity contribution < 1.29 is 9.32 Å². The van der Waals surface area contributed by atoms with E-state index in [4.69, 9.17) is 4.52 Å². The molecule has 3 N–H and O–H groups in total. The monoisotopic (exact) mass is 429 g/mol. The molecular weight excluding hydrogens is 406 g/mol. The first-order chi connectivity index (χ1) is 15.6. The fourth-order valence-electron chi connectivity index (χ4n) is 3.17. The molecule has 0 bridgehead atoms. The second-order valence-corrected chi connectivity index (χ2v) is 7.18. The second-order valence-electron chi connectivity index (χ2n) is 7.18. The second kappa shape index (κ2) is 9.69. The summed E-state index contributed by atoms with van der Waals surface area (Å²) < 4.78 is 5.14. The van der Waals surface area contributed by atoms with Crippen molar-refractivity contribution in [2.75, 3.05) is 16.0 Å². The van der Waals surface area contributed by atoms with Crippen LogP contribution in [-0.2, 0) is 11.2 Å². The number of amides is 1. The predicted octanol–water partition coefficient (Wildman–Crippen LogP) is 4.53. The van der Waals surface area contributed by atoms with Gasteiger partial charge in [0.1, 0.15) is 29.5 Å². The number of carbonyl (C=O) groups is 1. The first kappa shape index (κ1) is 21.0. The van der Waals surface area contributed by atoms with Gasteiger partial charge in [-0.15, -0.1) is 0 Å². The molecule has 162 valence electrons. The quantitative estimate of drug-likeness (QED) is 0.374. The van der Waals surface area contributed by atoms with Crippen LogP contribution in [0.1, 0.15) is 23.4 Å². The Morgan fingerprint density at radius 1 is 0.906 bits per heavy atom. The maximum Gasteiger partial charge on any atom is 0.224 e. The lowest BCUT2D eigenvalue weighted by Crippen LogP contribution is -2.12. The number of nitrogens with zero attached hydrogens (tertiary/aromatic N) is 4. The molecule has 3 heterocycles. The third kappa shape index (κ3) is 5.45. The van der Waals surface area contributed by atoms with Crippen molar-refractivity contribution in [3.63, 3.8) is 0 Å². The van der Waals surface area contributed by atoms with E-state index in [2.05, 4.69) is 36.1 Å². The first-order valence-corrected chi connectivity index (χ1v) is 10.2. The number of aromatic nitrogens is 4. The van der Waals surface area contributed by atoms with Crippen LogP contribution in [0.4, 0.5) is 28.8 Å². The van der Waals surface area contributed by atoms with Gasteiger partial charge in [0, 0.05) is 35.6 Å². The number of carbonyl (C=O) groups excluding carboxylic acids is 1. The summed E-state index contributed by atoms with van der Waals surface area (Å²) in [6, 6.07) is 14.8. The molecule has 0 aliphatic carbocycles. The molecule has 4 rings (SSSR count). The van der Waals surface area contributed by atoms with E-state index in [9.17, 15) is 4.79 Å². The van der Waals surface area contributed by atoms with E-state index in [1.54, 1.807) is 12.3 Å². The molecule has 0 radical (unpaired) electrons. The zero-order valence-electron chi connectivity index (χ0n) is 17.8. The van der Waals surface area contributed by atoms with Gasteiger partial charge in [-0.05, 0) is 56.7 Å². The van der Waals surface area contributed by atoms with Crippen molar-refractivity contribution in [3.05, 3.63) is 78.1 Å². The topological polar surface area (TPSA) is 118 Å². The predicted molar refractivity (Wildman–Crippen MR) is 122 cm³/mol. The van der Waals surface area contributed by atoms with Crippen molar-refractivity contribution >= 4 is 34.7 Å². The fraction of sp³-hybridized carbons (Fsp3) is 0.174. The molecule has 3 aromatic heterocycles. The van der Waals surface area contributed by atoms with E-state index in [0.29, 0.717) is 30.3 Å². The maximum absolute atomic E-state index is 12.3. The normalized spacial score (nSPS) is 10.6. The van der Waals surface area contributed by atoms with Crippen molar-refractivity contribution in [2.24, 2.45) is 0 Å². The van der Waals surface area contributed by atoms with Gasteiger partial charge in [0.15, 0.2) is 0 Å². The lowest BCUT2D eigenvalue weighted by atomic mass is 10.1. The van der Waals surface area contributed by atoms with Gasteiger partial charge in [0.25, 0.3) is 0 Å². The highest BCUT2D eigenvalue weighted by Gasteiger charge is 2.11. The lowest BCUT2D eigenvalue weighted by molar-refractivity contribution is -0.116. The van der Waals surface area contributed by atoms with Crippen molar-refractivity contribution in [3.8, 4) is 0 Å². The highest BCUT2D eigenvalue weighted by atomic mass is 16.5. The summed E-state index contributed by atoms with van der Waals surface area (Å²) in [7, 11) is 0. The SMILES string of the molecule is Cc1noc(C)c1CCC(=O)Nc1ccc(Nc2cc(Nc3ccccn3)ncn2)cc1. The molecule has 0 saturated heterocycles. The lowest BCUT2D eigenvalue weighted by Gasteiger charge is -2.10. The van der Waals surface area contributed by atoms with Gasteiger partial charge in [-0.2, -0.15) is 0 Å². The number of anilines is 5. The number of rotatable bonds is 8. The van der Waals surface area contributed by atoms with Crippen LogP contribution in [-0.4, -0.2) is 26.0 Å². The molecule has 0 aliphatic rings. The first-order valence-electron chi connectivity index (χ1n) is 10.2. The Morgan fingerprint density at radius 3 is 2.34 bits per heavy atom. The van der Waals surface area contributed by atoms with E-state index in [1.807, 2.05) is 56.3 Å². The number of pyridine rings is 1. The molecule has 0 aliphatic heterocycles. The van der Waals surface area contributed by atoms with E-state index in [0.717, 1.165) is 28.4 Å². The summed E-state index contributed by atoms with van der Waals surface area (Å²) in [6.45, 7) is 3.74. The Morgan fingerprint density at radius 2 is 1.66 bits per heavy atom. The Hall–Kier alpha value is -4.27. The Balaban J connectivity index is 1.32. The number of nitrogens with one attached hydrogen (secondary N) is 3. The third-order valence-corrected chi connectivity index (χ3v) is 4.81. The van der Waals surface area contributed by atoms with Gasteiger partial charge in [-0.25, -0.2) is 15.0 Å². The standard InChI is InChI=1S/C23H23N7O2/c1-15-19(16(2)32-30-15)10-11-23(31)28-18-8-6-17(7-9-18)27-21-13-22(26-14-25-21)29-20-5-3-4-12-24-20/h3-9,12-14H,10-11H2,1-2H3,(H,28,31)(H2,24,25,26,27,29). The Bertz CT molecular complexity index is 1170. The van der Waals surface area contributed by atoms with Gasteiger partial charge in [-0.3, -0.25) is 4.79 Å². The minimum absolute atomic E-state index is 0.0632. The molecular formula is C23H23N7O2. The largest absolute Gasteiger partial charge is 0.361 e. The van der Waals surface area contributed by atoms with E-state index in [-0.39, 0.29) is 5.91 Å². The van der Waals surface area contributed by atoms with Gasteiger partial charge < -0.3 is 20.5 Å². The van der Waals surface area contributed by atoms with Crippen molar-refractivity contribution in [1.82, 2.24) is 20.1 Å². The molecule has 0 atom stereocenters. The molecule has 0 saturated carbocycles. The molecule has 9 nitrogen and oxygen atoms in total. The fourth-order valence-corrected chi connectivity index (χ4v) is 3.17. The van der Waals surface area contributed by atoms with Crippen LogP contribution in [0.2, 0.25) is 0 Å². The Labute approximate surface area is 185 Å². The average Bonchev–Trinajstić information content (AvgIpc) is 3.12. The van der Waals surface area contributed by atoms with E-state index in [1.165, 1.54) is 6.33 Å². The highest BCUT2D eigenvalue weighted by Crippen LogP contribution is 2.20. The minimum atomic E-state index is -0.0632. The summed E-state index contributed by atoms with van der Waals surface area (Å²) >= 11 is 0. The molecule has 0 unspecified atom stereocenters. The van der Waals surface area contributed by atoms with Crippen LogP contribution >= 0.6 is 0 Å². The molecule has 0 fully saturated rings. The summed E-state index contributed by atoms with van der Waals surface area (Å²) in [5, 5.41) is 13.2. The zero-order valence-corrected chi connectivity index (χ0v) is 17.8. The molecule has 1 aromatic carbocycles. The number of benzene rings is 1. The van der Waals surface area contributed by atoms with Gasteiger partial charge in [-0.1, -0.05) is 11.2 Å². The molecule has 9 heteroatoms. The molecule has 1 amide bonds. The molecule has 4 aromatic rings. The maximum atomic E-state index is 12.3. The summed E-state index contributed by atoms with van der Waals surface area (Å²) in [5.41, 5.74) is 3.37. The van der Waals surface area contributed by atoms with Crippen molar-refractivity contribution in [1.29, 1.82) is 0 Å². The Kier molecular flexibility index (Phi) is 6.35. The van der Waals surface area contributed by atoms with Crippen LogP contribution in [0.25, 0.3) is 0 Å². The highest BCUT2D eigenvalue weighted by molar-refractivity contribution is 5.91. The smallest absolute Gasteiger partial charge is 0.224 e. The average molecular weight is 429 g/mol. The van der Waals surface area contributed by atoms with E-state index >= 15 is 0 Å². The van der Waals surface area contributed by atoms with Crippen LogP contribution in [0.5, 0.6) is 0 Å². The summed E-state index contributed by atoms with van der Waals surface area (Å²) in [6.07, 6.45) is 4.13. The third-order valence-electron chi connectivity index (χ3n) is 4.81. The van der Waals surface area contributed by atoms with E-state index < -0.39 is 0 Å². The van der Waals surface area contributed by atoms with Crippen LogP contribution < -0.4 is 16.0 Å². The molecule has 0 spiro atoms.